The van der Waals surface area contributed by atoms with Gasteiger partial charge in [0, 0.05) is 5.69 Å². The highest BCUT2D eigenvalue weighted by Crippen LogP contribution is 2.35. The molecule has 7 nitrogen and oxygen atoms in total. The molecular weight excluding hydrogens is 374 g/mol. The summed E-state index contributed by atoms with van der Waals surface area (Å²) < 4.78 is 7.31. The van der Waals surface area contributed by atoms with E-state index in [0.717, 1.165) is 36.8 Å². The number of rotatable bonds is 4. The number of aromatic hydroxyl groups is 1. The second kappa shape index (κ2) is 6.96. The van der Waals surface area contributed by atoms with Gasteiger partial charge in [-0.3, -0.25) is 0 Å². The van der Waals surface area contributed by atoms with Crippen LogP contribution in [0.5, 0.6) is 5.88 Å². The quantitative estimate of drug-likeness (QED) is 0.551. The van der Waals surface area contributed by atoms with Crippen LogP contribution < -0.4 is 9.80 Å². The van der Waals surface area contributed by atoms with Gasteiger partial charge in [-0.2, -0.15) is 4.52 Å². The Bertz CT molecular complexity index is 1070. The molecule has 1 saturated heterocycles. The molecule has 0 aliphatic carbocycles. The number of fused-ring (bicyclic) bond motifs is 1. The summed E-state index contributed by atoms with van der Waals surface area (Å²) in [6.45, 7) is 5.64. The topological polar surface area (TPSA) is 71.2 Å². The van der Waals surface area contributed by atoms with E-state index in [4.69, 9.17) is 4.42 Å². The van der Waals surface area contributed by atoms with Crippen LogP contribution in [0.1, 0.15) is 22.5 Å². The third-order valence-corrected chi connectivity index (χ3v) is 6.42. The Hall–Kier alpha value is -2.84. The number of aromatic nitrogens is 3. The lowest BCUT2D eigenvalue weighted by Crippen LogP contribution is -3.15. The minimum absolute atomic E-state index is 0.0678. The third kappa shape index (κ3) is 2.94. The van der Waals surface area contributed by atoms with Gasteiger partial charge in [0.05, 0.1) is 32.4 Å². The van der Waals surface area contributed by atoms with E-state index in [1.807, 2.05) is 25.1 Å². The molecule has 0 unspecified atom stereocenters. The van der Waals surface area contributed by atoms with Crippen molar-refractivity contribution in [3.8, 4) is 5.88 Å². The minimum Gasteiger partial charge on any atom is -0.492 e. The van der Waals surface area contributed by atoms with Crippen molar-refractivity contribution < 1.29 is 14.4 Å². The van der Waals surface area contributed by atoms with Crippen LogP contribution in [0.2, 0.25) is 0 Å². The monoisotopic (exact) mass is 396 g/mol. The summed E-state index contributed by atoms with van der Waals surface area (Å²) in [5.74, 6) is 1.69. The summed E-state index contributed by atoms with van der Waals surface area (Å²) in [5, 5.41) is 15.1. The normalized spacial score (nSPS) is 16.7. The van der Waals surface area contributed by atoms with Gasteiger partial charge in [0.25, 0.3) is 0 Å². The van der Waals surface area contributed by atoms with Gasteiger partial charge in [-0.15, -0.1) is 5.10 Å². The number of nitrogens with zero attached hydrogens (tertiary/aromatic N) is 4. The Kier molecular flexibility index (Phi) is 4.29. The lowest BCUT2D eigenvalue weighted by atomic mass is 10.1. The summed E-state index contributed by atoms with van der Waals surface area (Å²) in [7, 11) is 0. The second-order valence-corrected chi connectivity index (χ2v) is 8.08. The molecule has 1 aliphatic rings. The lowest BCUT2D eigenvalue weighted by molar-refractivity contribution is -0.926. The largest absolute Gasteiger partial charge is 0.492 e. The molecule has 4 aromatic rings. The van der Waals surface area contributed by atoms with E-state index in [9.17, 15) is 5.11 Å². The second-order valence-electron chi connectivity index (χ2n) is 7.07. The molecule has 0 saturated carbocycles. The average Bonchev–Trinajstić information content (AvgIpc) is 3.43. The number of furan rings is 1. The van der Waals surface area contributed by atoms with E-state index in [0.29, 0.717) is 10.8 Å². The molecule has 5 rings (SSSR count). The number of hydrogen-bond donors (Lipinski definition) is 2. The number of aryl methyl sites for hydroxylation is 1. The van der Waals surface area contributed by atoms with Crippen molar-refractivity contribution in [2.45, 2.75) is 13.0 Å². The molecule has 0 bridgehead atoms. The van der Waals surface area contributed by atoms with Crippen LogP contribution in [0.3, 0.4) is 0 Å². The van der Waals surface area contributed by atoms with Gasteiger partial charge in [-0.25, -0.2) is 4.98 Å². The standard InChI is InChI=1S/C20H21N5O2S/c1-14-21-20-25(22-14)19(26)18(28-20)17(16-8-5-13-27-16)24-11-9-23(10-12-24)15-6-3-2-4-7-15/h2-8,13,17,26H,9-12H2,1H3/p+1/t17-/m1/s1. The number of quaternary nitrogens is 1. The number of thiazole rings is 1. The first-order valence-electron chi connectivity index (χ1n) is 9.43. The van der Waals surface area contributed by atoms with Gasteiger partial charge in [-0.05, 0) is 31.2 Å². The Labute approximate surface area is 166 Å². The number of nitrogens with one attached hydrogen (secondary N) is 1. The van der Waals surface area contributed by atoms with Gasteiger partial charge in [-0.1, -0.05) is 29.5 Å². The van der Waals surface area contributed by atoms with Crippen LogP contribution in [-0.4, -0.2) is 45.9 Å². The van der Waals surface area contributed by atoms with Gasteiger partial charge in [0.15, 0.2) is 11.8 Å². The summed E-state index contributed by atoms with van der Waals surface area (Å²) in [4.78, 5) is 9.77. The van der Waals surface area contributed by atoms with Crippen LogP contribution >= 0.6 is 11.3 Å². The molecule has 1 aliphatic heterocycles. The molecule has 1 aromatic carbocycles. The smallest absolute Gasteiger partial charge is 0.235 e. The zero-order chi connectivity index (χ0) is 19.1. The maximum Gasteiger partial charge on any atom is 0.235 e. The maximum absolute atomic E-state index is 10.8. The molecule has 2 N–H and O–H groups in total. The number of hydrogen-bond acceptors (Lipinski definition) is 6. The molecule has 28 heavy (non-hydrogen) atoms. The molecule has 0 amide bonds. The van der Waals surface area contributed by atoms with Gasteiger partial charge in [0.2, 0.25) is 10.8 Å². The van der Waals surface area contributed by atoms with E-state index in [1.54, 1.807) is 6.26 Å². The van der Waals surface area contributed by atoms with Crippen LogP contribution in [0, 0.1) is 6.92 Å². The number of anilines is 1. The summed E-state index contributed by atoms with van der Waals surface area (Å²) in [6.07, 6.45) is 1.69. The van der Waals surface area contributed by atoms with E-state index in [1.165, 1.54) is 26.4 Å². The highest BCUT2D eigenvalue weighted by atomic mass is 32.1. The van der Waals surface area contributed by atoms with Crippen LogP contribution in [0.15, 0.2) is 53.1 Å². The Morgan fingerprint density at radius 3 is 2.61 bits per heavy atom. The Morgan fingerprint density at radius 2 is 1.93 bits per heavy atom. The average molecular weight is 396 g/mol. The summed E-state index contributed by atoms with van der Waals surface area (Å²) >= 11 is 1.49. The van der Waals surface area contributed by atoms with Crippen molar-refractivity contribution in [3.63, 3.8) is 0 Å². The number of piperazine rings is 1. The maximum atomic E-state index is 10.8. The van der Waals surface area contributed by atoms with Crippen molar-refractivity contribution in [1.29, 1.82) is 0 Å². The zero-order valence-corrected chi connectivity index (χ0v) is 16.4. The van der Waals surface area contributed by atoms with Crippen molar-refractivity contribution in [1.82, 2.24) is 14.6 Å². The lowest BCUT2D eigenvalue weighted by Gasteiger charge is -2.36. The summed E-state index contributed by atoms with van der Waals surface area (Å²) in [6, 6.07) is 14.3. The minimum atomic E-state index is -0.0678. The van der Waals surface area contributed by atoms with Crippen LogP contribution in [0.25, 0.3) is 4.96 Å². The van der Waals surface area contributed by atoms with Crippen molar-refractivity contribution in [2.24, 2.45) is 0 Å². The van der Waals surface area contributed by atoms with Crippen molar-refractivity contribution >= 4 is 22.0 Å². The van der Waals surface area contributed by atoms with Crippen LogP contribution in [-0.2, 0) is 0 Å². The first kappa shape index (κ1) is 17.3. The van der Waals surface area contributed by atoms with E-state index < -0.39 is 0 Å². The molecule has 1 atom stereocenters. The van der Waals surface area contributed by atoms with E-state index >= 15 is 0 Å². The highest BCUT2D eigenvalue weighted by Gasteiger charge is 2.36. The molecule has 3 aromatic heterocycles. The first-order chi connectivity index (χ1) is 13.7. The van der Waals surface area contributed by atoms with Crippen LogP contribution in [0.4, 0.5) is 5.69 Å². The van der Waals surface area contributed by atoms with Crippen molar-refractivity contribution in [3.05, 3.63) is 65.2 Å². The molecule has 0 radical (unpaired) electrons. The fourth-order valence-electron chi connectivity index (χ4n) is 3.99. The predicted octanol–water partition coefficient (Wildman–Crippen LogP) is 1.89. The van der Waals surface area contributed by atoms with Gasteiger partial charge in [0.1, 0.15) is 10.7 Å². The number of para-hydroxylation sites is 1. The zero-order valence-electron chi connectivity index (χ0n) is 15.6. The predicted molar refractivity (Wildman–Crippen MR) is 107 cm³/mol. The fraction of sp³-hybridized carbons (Fsp3) is 0.300. The van der Waals surface area contributed by atoms with Gasteiger partial charge < -0.3 is 19.3 Å². The SMILES string of the molecule is Cc1nc2sc([C@@H](c3ccco3)[NH+]3CCN(c4ccccc4)CC3)c(O)n2n1. The molecule has 0 spiro atoms. The van der Waals surface area contributed by atoms with E-state index in [-0.39, 0.29) is 11.9 Å². The highest BCUT2D eigenvalue weighted by molar-refractivity contribution is 7.17. The Morgan fingerprint density at radius 1 is 1.14 bits per heavy atom. The molecule has 1 fully saturated rings. The number of benzene rings is 1. The molecular formula is C20H22N5O2S+. The molecule has 4 heterocycles. The molecule has 144 valence electrons. The van der Waals surface area contributed by atoms with E-state index in [2.05, 4.69) is 39.2 Å². The first-order valence-corrected chi connectivity index (χ1v) is 10.3. The van der Waals surface area contributed by atoms with Crippen molar-refractivity contribution in [2.75, 3.05) is 31.1 Å². The Balaban J connectivity index is 1.45. The molecule has 8 heteroatoms. The fourth-order valence-corrected chi connectivity index (χ4v) is 5.15. The van der Waals surface area contributed by atoms with Gasteiger partial charge >= 0.3 is 0 Å². The summed E-state index contributed by atoms with van der Waals surface area (Å²) in [5.41, 5.74) is 1.26. The third-order valence-electron chi connectivity index (χ3n) is 5.33.